The van der Waals surface area contributed by atoms with Crippen molar-refractivity contribution in [2.45, 2.75) is 128 Å². The van der Waals surface area contributed by atoms with Crippen molar-refractivity contribution in [2.75, 3.05) is 13.2 Å². The van der Waals surface area contributed by atoms with Crippen LogP contribution in [0, 0.1) is 0 Å². The van der Waals surface area contributed by atoms with E-state index >= 15 is 0 Å². The number of Topliss-reactive ketones (excluding diaryl/α,β-unsaturated/α-hetero) is 1. The highest BCUT2D eigenvalue weighted by atomic mass is 16.6. The molecule has 11 nitrogen and oxygen atoms in total. The number of alkyl carbamates (subject to hydrolysis) is 1. The Morgan fingerprint density at radius 1 is 0.947 bits per heavy atom. The Hall–Kier alpha value is -2.69. The topological polar surface area (TPSA) is 143 Å². The van der Waals surface area contributed by atoms with Crippen LogP contribution >= 0.6 is 0 Å². The third kappa shape index (κ3) is 8.96. The van der Waals surface area contributed by atoms with Gasteiger partial charge in [0.1, 0.15) is 17.7 Å². The summed E-state index contributed by atoms with van der Waals surface area (Å²) in [5.74, 6) is -2.22. The van der Waals surface area contributed by atoms with Crippen molar-refractivity contribution in [1.82, 2.24) is 20.9 Å². The van der Waals surface area contributed by atoms with Crippen LogP contribution in [-0.2, 0) is 28.7 Å². The Morgan fingerprint density at radius 2 is 1.63 bits per heavy atom. The molecule has 2 saturated heterocycles. The first-order valence-electron chi connectivity index (χ1n) is 14.0. The maximum Gasteiger partial charge on any atom is 0.408 e. The van der Waals surface area contributed by atoms with E-state index in [0.717, 1.165) is 38.5 Å². The van der Waals surface area contributed by atoms with E-state index in [4.69, 9.17) is 9.47 Å². The molecule has 3 aliphatic rings. The average molecular weight is 537 g/mol. The first kappa shape index (κ1) is 29.9. The van der Waals surface area contributed by atoms with Gasteiger partial charge in [-0.25, -0.2) is 4.79 Å². The molecule has 1 aliphatic carbocycles. The third-order valence-electron chi connectivity index (χ3n) is 7.03. The molecular formula is C27H44N4O7. The van der Waals surface area contributed by atoms with E-state index in [9.17, 15) is 24.0 Å². The summed E-state index contributed by atoms with van der Waals surface area (Å²) in [6.45, 7) is 7.68. The van der Waals surface area contributed by atoms with Gasteiger partial charge in [-0.2, -0.15) is 0 Å². The summed E-state index contributed by atoms with van der Waals surface area (Å²) in [6, 6.07) is -2.76. The number of hydrogen-bond donors (Lipinski definition) is 3. The second kappa shape index (κ2) is 13.4. The van der Waals surface area contributed by atoms with Crippen LogP contribution in [0.5, 0.6) is 0 Å². The minimum absolute atomic E-state index is 0.0369. The number of fused-ring (bicyclic) bond motifs is 1. The normalized spacial score (nSPS) is 28.2. The predicted molar refractivity (Wildman–Crippen MR) is 139 cm³/mol. The molecule has 3 N–H and O–H groups in total. The highest BCUT2D eigenvalue weighted by molar-refractivity contribution is 6.38. The Labute approximate surface area is 225 Å². The molecule has 0 bridgehead atoms. The molecule has 2 aliphatic heterocycles. The van der Waals surface area contributed by atoms with Gasteiger partial charge in [-0.15, -0.1) is 0 Å². The fourth-order valence-electron chi connectivity index (χ4n) is 4.82. The Bertz CT molecular complexity index is 883. The van der Waals surface area contributed by atoms with E-state index in [1.165, 1.54) is 4.90 Å². The summed E-state index contributed by atoms with van der Waals surface area (Å²) in [7, 11) is 0. The van der Waals surface area contributed by atoms with Crippen molar-refractivity contribution in [3.05, 3.63) is 0 Å². The van der Waals surface area contributed by atoms with Crippen LogP contribution < -0.4 is 16.0 Å². The first-order chi connectivity index (χ1) is 18.0. The van der Waals surface area contributed by atoms with Crippen LogP contribution in [0.25, 0.3) is 0 Å². The summed E-state index contributed by atoms with van der Waals surface area (Å²) in [5.41, 5.74) is -0.751. The van der Waals surface area contributed by atoms with E-state index in [1.807, 2.05) is 0 Å². The molecular weight excluding hydrogens is 492 g/mol. The molecule has 11 heteroatoms. The Morgan fingerprint density at radius 3 is 2.32 bits per heavy atom. The largest absolute Gasteiger partial charge is 0.444 e. The van der Waals surface area contributed by atoms with Crippen molar-refractivity contribution < 1.29 is 33.4 Å². The number of hydrogen-bond acceptors (Lipinski definition) is 7. The second-order valence-corrected chi connectivity index (χ2v) is 11.6. The molecule has 0 spiro atoms. The van der Waals surface area contributed by atoms with Crippen LogP contribution in [0.2, 0.25) is 0 Å². The number of rotatable bonds is 4. The molecule has 0 unspecified atom stereocenters. The standard InChI is InChI=1S/C27H44N4O7/c1-17-21(30-26(36)38-27(2,3)4)25(35)31-15-10-12-20(31)23(33)29-19(11-8-6-5-7-9-16-37-17)22(32)24(34)28-18-13-14-18/h17-21H,5-16H2,1-4H3,(H,28,34)(H,29,33)(H,30,36)/t17-,19-,20-,21-/m0/s1. The molecule has 0 aromatic carbocycles. The smallest absolute Gasteiger partial charge is 0.408 e. The minimum atomic E-state index is -1.05. The van der Waals surface area contributed by atoms with E-state index < -0.39 is 59.4 Å². The summed E-state index contributed by atoms with van der Waals surface area (Å²) in [4.78, 5) is 66.5. The van der Waals surface area contributed by atoms with E-state index in [2.05, 4.69) is 16.0 Å². The molecule has 4 amide bonds. The molecule has 38 heavy (non-hydrogen) atoms. The SMILES string of the molecule is C[C@@H]1OCCCCCCC[C@@H](C(=O)C(=O)NC2CC2)NC(=O)[C@@H]2CCCN2C(=O)[C@H]1NC(=O)OC(C)(C)C. The molecule has 3 rings (SSSR count). The van der Waals surface area contributed by atoms with E-state index in [-0.39, 0.29) is 6.04 Å². The molecule has 2 heterocycles. The predicted octanol–water partition coefficient (Wildman–Crippen LogP) is 1.96. The molecule has 0 radical (unpaired) electrons. The summed E-state index contributed by atoms with van der Waals surface area (Å²) < 4.78 is 11.3. The highest BCUT2D eigenvalue weighted by Crippen LogP contribution is 2.22. The quantitative estimate of drug-likeness (QED) is 0.466. The molecule has 4 atom stereocenters. The van der Waals surface area contributed by atoms with Crippen LogP contribution in [-0.4, -0.2) is 83.5 Å². The number of ether oxygens (including phenoxy) is 2. The molecule has 0 aromatic heterocycles. The Balaban J connectivity index is 1.78. The van der Waals surface area contributed by atoms with E-state index in [1.54, 1.807) is 27.7 Å². The van der Waals surface area contributed by atoms with Gasteiger partial charge in [0.25, 0.3) is 5.91 Å². The van der Waals surface area contributed by atoms with E-state index in [0.29, 0.717) is 38.8 Å². The second-order valence-electron chi connectivity index (χ2n) is 11.6. The van der Waals surface area contributed by atoms with Gasteiger partial charge in [0.05, 0.1) is 12.1 Å². The fourth-order valence-corrected chi connectivity index (χ4v) is 4.82. The average Bonchev–Trinajstić information content (AvgIpc) is 3.51. The van der Waals surface area contributed by atoms with Gasteiger partial charge in [0, 0.05) is 19.2 Å². The zero-order valence-electron chi connectivity index (χ0n) is 23.2. The van der Waals surface area contributed by atoms with Crippen LogP contribution in [0.15, 0.2) is 0 Å². The molecule has 3 fully saturated rings. The molecule has 214 valence electrons. The lowest BCUT2D eigenvalue weighted by atomic mass is 10.0. The van der Waals surface area contributed by atoms with Crippen LogP contribution in [0.3, 0.4) is 0 Å². The number of carbonyl (C=O) groups excluding carboxylic acids is 5. The lowest BCUT2D eigenvalue weighted by Gasteiger charge is -2.32. The van der Waals surface area contributed by atoms with Gasteiger partial charge >= 0.3 is 6.09 Å². The zero-order chi connectivity index (χ0) is 27.9. The van der Waals surface area contributed by atoms with Gasteiger partial charge in [-0.05, 0) is 66.2 Å². The summed E-state index contributed by atoms with van der Waals surface area (Å²) in [5, 5.41) is 8.14. The number of nitrogens with one attached hydrogen (secondary N) is 3. The highest BCUT2D eigenvalue weighted by Gasteiger charge is 2.41. The first-order valence-corrected chi connectivity index (χ1v) is 14.0. The van der Waals surface area contributed by atoms with Crippen molar-refractivity contribution >= 4 is 29.6 Å². The van der Waals surface area contributed by atoms with Gasteiger partial charge in [-0.1, -0.05) is 25.7 Å². The van der Waals surface area contributed by atoms with Gasteiger partial charge in [0.2, 0.25) is 17.6 Å². The lowest BCUT2D eigenvalue weighted by molar-refractivity contribution is -0.144. The lowest BCUT2D eigenvalue weighted by Crippen LogP contribution is -2.59. The van der Waals surface area contributed by atoms with Gasteiger partial charge < -0.3 is 30.3 Å². The monoisotopic (exact) mass is 536 g/mol. The number of carbonyl (C=O) groups is 5. The maximum atomic E-state index is 13.7. The summed E-state index contributed by atoms with van der Waals surface area (Å²) in [6.07, 6.45) is 5.84. The third-order valence-corrected chi connectivity index (χ3v) is 7.03. The van der Waals surface area contributed by atoms with Crippen LogP contribution in [0.1, 0.15) is 91.9 Å². The van der Waals surface area contributed by atoms with Crippen molar-refractivity contribution in [2.24, 2.45) is 0 Å². The molecule has 1 saturated carbocycles. The number of nitrogens with zero attached hydrogens (tertiary/aromatic N) is 1. The van der Waals surface area contributed by atoms with Crippen molar-refractivity contribution in [3.8, 4) is 0 Å². The zero-order valence-corrected chi connectivity index (χ0v) is 23.2. The van der Waals surface area contributed by atoms with Crippen molar-refractivity contribution in [1.29, 1.82) is 0 Å². The fraction of sp³-hybridized carbons (Fsp3) is 0.815. The Kier molecular flexibility index (Phi) is 10.5. The van der Waals surface area contributed by atoms with Gasteiger partial charge in [0.15, 0.2) is 0 Å². The number of ketones is 1. The molecule has 0 aromatic rings. The number of amides is 4. The van der Waals surface area contributed by atoms with Crippen molar-refractivity contribution in [3.63, 3.8) is 0 Å². The van der Waals surface area contributed by atoms with Gasteiger partial charge in [-0.3, -0.25) is 19.2 Å². The van der Waals surface area contributed by atoms with Crippen LogP contribution in [0.4, 0.5) is 4.79 Å². The minimum Gasteiger partial charge on any atom is -0.444 e. The maximum absolute atomic E-state index is 13.7. The summed E-state index contributed by atoms with van der Waals surface area (Å²) >= 11 is 0.